The Hall–Kier alpha value is -4.03. The molecule has 5 rings (SSSR count). The van der Waals surface area contributed by atoms with Gasteiger partial charge in [0.05, 0.1) is 10.9 Å². The summed E-state index contributed by atoms with van der Waals surface area (Å²) in [5, 5.41) is 11.4. The topological polar surface area (TPSA) is 40.1 Å². The van der Waals surface area contributed by atoms with Crippen molar-refractivity contribution in [1.82, 2.24) is 0 Å². The van der Waals surface area contributed by atoms with Crippen molar-refractivity contribution in [1.29, 1.82) is 0 Å². The summed E-state index contributed by atoms with van der Waals surface area (Å²) in [6, 6.07) is 45.8. The highest BCUT2D eigenvalue weighted by Crippen LogP contribution is 2.34. The monoisotopic (exact) mass is 502 g/mol. The van der Waals surface area contributed by atoms with Crippen molar-refractivity contribution in [2.75, 3.05) is 0 Å². The second kappa shape index (κ2) is 11.1. The molecule has 5 aromatic carbocycles. The van der Waals surface area contributed by atoms with E-state index in [2.05, 4.69) is 127 Å². The summed E-state index contributed by atoms with van der Waals surface area (Å²) >= 11 is 0. The van der Waals surface area contributed by atoms with Gasteiger partial charge in [0.1, 0.15) is 5.97 Å². The zero-order valence-electron chi connectivity index (χ0n) is 19.0. The Kier molecular flexibility index (Phi) is 7.76. The molecule has 0 radical (unpaired) electrons. The van der Waals surface area contributed by atoms with Crippen molar-refractivity contribution in [2.24, 2.45) is 0 Å². The number of hydrogen-bond donors (Lipinski definition) is 0. The molecule has 0 heterocycles. The molecule has 6 heteroatoms. The first-order valence-corrected chi connectivity index (χ1v) is 12.3. The van der Waals surface area contributed by atoms with E-state index in [0.29, 0.717) is 0 Å². The van der Waals surface area contributed by atoms with Gasteiger partial charge < -0.3 is 9.90 Å². The minimum atomic E-state index is -5.19. The Balaban J connectivity index is 0.000000384. The predicted octanol–water partition coefficient (Wildman–Crippen LogP) is 6.90. The normalized spacial score (nSPS) is 11.1. The largest absolute Gasteiger partial charge is 0.542 e. The lowest BCUT2D eigenvalue weighted by molar-refractivity contribution is -0.344. The quantitative estimate of drug-likeness (QED) is 0.251. The van der Waals surface area contributed by atoms with E-state index in [1.165, 1.54) is 36.6 Å². The highest BCUT2D eigenvalue weighted by atomic mass is 32.2. The molecule has 0 aliphatic rings. The van der Waals surface area contributed by atoms with Crippen LogP contribution in [-0.4, -0.2) is 12.1 Å². The molecular weight excluding hydrogens is 481 g/mol. The number of aliphatic carboxylic acids is 1. The number of carbonyl (C=O) groups excluding carboxylic acids is 1. The summed E-state index contributed by atoms with van der Waals surface area (Å²) < 4.78 is 31.5. The third-order valence-electron chi connectivity index (χ3n) is 5.38. The van der Waals surface area contributed by atoms with Gasteiger partial charge in [-0.2, -0.15) is 13.2 Å². The van der Waals surface area contributed by atoms with Crippen LogP contribution < -0.4 is 5.11 Å². The Bertz CT molecular complexity index is 1390. The lowest BCUT2D eigenvalue weighted by Gasteiger charge is -2.10. The summed E-state index contributed by atoms with van der Waals surface area (Å²) in [6.07, 6.45) is -5.19. The smallest absolute Gasteiger partial charge is 0.430 e. The van der Waals surface area contributed by atoms with Crippen molar-refractivity contribution in [3.05, 3.63) is 127 Å². The first-order chi connectivity index (χ1) is 17.3. The van der Waals surface area contributed by atoms with Crippen LogP contribution in [0.15, 0.2) is 142 Å². The van der Waals surface area contributed by atoms with Gasteiger partial charge in [-0.1, -0.05) is 78.9 Å². The maximum atomic E-state index is 10.5. The molecule has 180 valence electrons. The molecule has 0 aliphatic carbocycles. The Morgan fingerprint density at radius 3 is 1.56 bits per heavy atom. The zero-order chi connectivity index (χ0) is 25.5. The maximum absolute atomic E-state index is 10.5. The molecule has 36 heavy (non-hydrogen) atoms. The SMILES string of the molecule is O=C([O-])C(F)(F)F.c1ccc([S+](c2ccccc2)c2ccc(-c3cccc4ccccc34)cc2)cc1. The number of carbonyl (C=O) groups is 1. The summed E-state index contributed by atoms with van der Waals surface area (Å²) in [7, 11) is -0.106. The van der Waals surface area contributed by atoms with Gasteiger partial charge in [0.15, 0.2) is 14.7 Å². The van der Waals surface area contributed by atoms with Crippen LogP contribution >= 0.6 is 0 Å². The average molecular weight is 503 g/mol. The van der Waals surface area contributed by atoms with Crippen molar-refractivity contribution in [3.8, 4) is 11.1 Å². The number of fused-ring (bicyclic) bond motifs is 1. The summed E-state index contributed by atoms with van der Waals surface area (Å²) in [5.41, 5.74) is 2.55. The van der Waals surface area contributed by atoms with E-state index in [1.54, 1.807) is 0 Å². The molecule has 0 fully saturated rings. The number of benzene rings is 5. The number of hydrogen-bond acceptors (Lipinski definition) is 2. The molecule has 2 nitrogen and oxygen atoms in total. The fraction of sp³-hybridized carbons (Fsp3) is 0.0333. The molecule has 5 aromatic rings. The summed E-state index contributed by atoms with van der Waals surface area (Å²) in [5.74, 6) is -3.01. The third kappa shape index (κ3) is 5.96. The van der Waals surface area contributed by atoms with Gasteiger partial charge in [0, 0.05) is 0 Å². The van der Waals surface area contributed by atoms with Crippen molar-refractivity contribution in [2.45, 2.75) is 20.9 Å². The van der Waals surface area contributed by atoms with E-state index in [4.69, 9.17) is 9.90 Å². The molecule has 0 amide bonds. The molecule has 0 saturated carbocycles. The molecule has 0 aromatic heterocycles. The lowest BCUT2D eigenvalue weighted by atomic mass is 9.98. The van der Waals surface area contributed by atoms with E-state index in [1.807, 2.05) is 0 Å². The first-order valence-electron chi connectivity index (χ1n) is 11.1. The fourth-order valence-corrected chi connectivity index (χ4v) is 5.85. The second-order valence-corrected chi connectivity index (χ2v) is 9.80. The molecular formula is C30H21F3O2S. The minimum absolute atomic E-state index is 0.106. The Morgan fingerprint density at radius 2 is 1.03 bits per heavy atom. The number of carboxylic acids is 1. The number of rotatable bonds is 4. The van der Waals surface area contributed by atoms with Crippen LogP contribution in [0, 0.1) is 0 Å². The number of alkyl halides is 3. The summed E-state index contributed by atoms with van der Waals surface area (Å²) in [4.78, 5) is 12.8. The van der Waals surface area contributed by atoms with Crippen LogP contribution in [-0.2, 0) is 15.7 Å². The Morgan fingerprint density at radius 1 is 0.583 bits per heavy atom. The van der Waals surface area contributed by atoms with Crippen LogP contribution in [0.1, 0.15) is 0 Å². The third-order valence-corrected chi connectivity index (χ3v) is 7.61. The molecule has 0 saturated heterocycles. The molecule has 0 unspecified atom stereocenters. The van der Waals surface area contributed by atoms with E-state index in [9.17, 15) is 13.2 Å². The van der Waals surface area contributed by atoms with Crippen LogP contribution in [0.5, 0.6) is 0 Å². The highest BCUT2D eigenvalue weighted by molar-refractivity contribution is 7.97. The van der Waals surface area contributed by atoms with Crippen LogP contribution in [0.25, 0.3) is 21.9 Å². The molecule has 0 spiro atoms. The van der Waals surface area contributed by atoms with Crippen LogP contribution in [0.4, 0.5) is 13.2 Å². The lowest BCUT2D eigenvalue weighted by Crippen LogP contribution is -2.37. The highest BCUT2D eigenvalue weighted by Gasteiger charge is 2.29. The maximum Gasteiger partial charge on any atom is 0.430 e. The van der Waals surface area contributed by atoms with Gasteiger partial charge in [0.25, 0.3) is 0 Å². The summed E-state index contributed by atoms with van der Waals surface area (Å²) in [6.45, 7) is 0. The average Bonchev–Trinajstić information content (AvgIpc) is 2.90. The molecule has 0 N–H and O–H groups in total. The predicted molar refractivity (Wildman–Crippen MR) is 135 cm³/mol. The first kappa shape index (κ1) is 25.1. The number of carboxylic acid groups (broad SMARTS) is 1. The second-order valence-electron chi connectivity index (χ2n) is 7.77. The van der Waals surface area contributed by atoms with E-state index in [0.717, 1.165) is 0 Å². The van der Waals surface area contributed by atoms with Crippen LogP contribution in [0.3, 0.4) is 0 Å². The van der Waals surface area contributed by atoms with Gasteiger partial charge in [-0.05, 0) is 70.4 Å². The Labute approximate surface area is 210 Å². The van der Waals surface area contributed by atoms with Gasteiger partial charge in [-0.25, -0.2) is 0 Å². The van der Waals surface area contributed by atoms with Gasteiger partial charge in [-0.3, -0.25) is 0 Å². The van der Waals surface area contributed by atoms with Crippen molar-refractivity contribution >= 4 is 27.6 Å². The van der Waals surface area contributed by atoms with Crippen LogP contribution in [0.2, 0.25) is 0 Å². The van der Waals surface area contributed by atoms with E-state index in [-0.39, 0.29) is 10.9 Å². The molecule has 0 aliphatic heterocycles. The fourth-order valence-electron chi connectivity index (χ4n) is 3.77. The van der Waals surface area contributed by atoms with Gasteiger partial charge >= 0.3 is 6.18 Å². The van der Waals surface area contributed by atoms with Gasteiger partial charge in [0.2, 0.25) is 0 Å². The van der Waals surface area contributed by atoms with Crippen molar-refractivity contribution < 1.29 is 23.1 Å². The van der Waals surface area contributed by atoms with E-state index >= 15 is 0 Å². The standard InChI is InChI=1S/C28H21S.C2HF3O2/c1-3-12-24(13-4-1)29(25-14-5-2-6-15-25)26-20-18-23(19-21-26)28-17-9-11-22-10-7-8-16-27(22)28;3-2(4,5)1(6)7/h1-21H;(H,6,7)/q+1;/p-1. The zero-order valence-corrected chi connectivity index (χ0v) is 19.8. The van der Waals surface area contributed by atoms with E-state index < -0.39 is 12.1 Å². The van der Waals surface area contributed by atoms with Crippen molar-refractivity contribution in [3.63, 3.8) is 0 Å². The molecule has 0 bridgehead atoms. The molecule has 0 atom stereocenters. The van der Waals surface area contributed by atoms with Gasteiger partial charge in [-0.15, -0.1) is 0 Å². The number of halogens is 3. The minimum Gasteiger partial charge on any atom is -0.542 e.